The van der Waals surface area contributed by atoms with Gasteiger partial charge in [-0.15, -0.1) is 0 Å². The Morgan fingerprint density at radius 1 is 1.38 bits per heavy atom. The van der Waals surface area contributed by atoms with Crippen LogP contribution in [-0.4, -0.2) is 31.6 Å². The van der Waals surface area contributed by atoms with Crippen LogP contribution >= 0.6 is 0 Å². The third-order valence-electron chi connectivity index (χ3n) is 2.49. The van der Waals surface area contributed by atoms with Crippen LogP contribution in [0.1, 0.15) is 18.9 Å². The van der Waals surface area contributed by atoms with Gasteiger partial charge >= 0.3 is 0 Å². The van der Waals surface area contributed by atoms with Crippen molar-refractivity contribution < 1.29 is 4.74 Å². The highest BCUT2D eigenvalue weighted by molar-refractivity contribution is 5.42. The average molecular weight is 218 g/mol. The number of benzene rings is 1. The normalized spacial score (nSPS) is 10.1. The molecule has 0 N–H and O–H groups in total. The molecule has 0 saturated heterocycles. The first-order valence-electron chi connectivity index (χ1n) is 5.58. The molecule has 0 bridgehead atoms. The number of nitriles is 1. The van der Waals surface area contributed by atoms with Crippen LogP contribution in [0, 0.1) is 11.3 Å². The van der Waals surface area contributed by atoms with E-state index in [-0.39, 0.29) is 0 Å². The fraction of sp³-hybridized carbons (Fsp3) is 0.462. The molecule has 0 aliphatic rings. The Morgan fingerprint density at radius 2 is 2.12 bits per heavy atom. The number of rotatable bonds is 6. The molecule has 86 valence electrons. The predicted molar refractivity (Wildman–Crippen MR) is 64.4 cm³/mol. The molecule has 1 aromatic rings. The Hall–Kier alpha value is -1.53. The molecule has 0 atom stereocenters. The van der Waals surface area contributed by atoms with Crippen LogP contribution in [0.25, 0.3) is 0 Å². The lowest BCUT2D eigenvalue weighted by molar-refractivity contribution is 0.268. The minimum Gasteiger partial charge on any atom is -0.492 e. The van der Waals surface area contributed by atoms with Crippen LogP contribution in [0.4, 0.5) is 0 Å². The first-order chi connectivity index (χ1) is 7.77. The van der Waals surface area contributed by atoms with E-state index in [0.717, 1.165) is 19.5 Å². The van der Waals surface area contributed by atoms with Gasteiger partial charge in [-0.1, -0.05) is 19.1 Å². The molecule has 1 aromatic carbocycles. The van der Waals surface area contributed by atoms with Gasteiger partial charge in [0.15, 0.2) is 0 Å². The van der Waals surface area contributed by atoms with E-state index in [2.05, 4.69) is 24.9 Å². The Balaban J connectivity index is 2.35. The van der Waals surface area contributed by atoms with Gasteiger partial charge in [-0.05, 0) is 32.1 Å². The van der Waals surface area contributed by atoms with Crippen molar-refractivity contribution in [1.29, 1.82) is 5.26 Å². The van der Waals surface area contributed by atoms with E-state index in [1.54, 1.807) is 6.07 Å². The van der Waals surface area contributed by atoms with Gasteiger partial charge in [0, 0.05) is 6.54 Å². The van der Waals surface area contributed by atoms with Crippen LogP contribution in [-0.2, 0) is 0 Å². The maximum Gasteiger partial charge on any atom is 0.137 e. The van der Waals surface area contributed by atoms with Gasteiger partial charge in [0.05, 0.1) is 12.2 Å². The summed E-state index contributed by atoms with van der Waals surface area (Å²) in [6.45, 7) is 4.86. The molecule has 0 heterocycles. The number of hydrogen-bond acceptors (Lipinski definition) is 3. The van der Waals surface area contributed by atoms with E-state index >= 15 is 0 Å². The minimum atomic E-state index is 0.603. The monoisotopic (exact) mass is 218 g/mol. The lowest BCUT2D eigenvalue weighted by Gasteiger charge is -2.13. The fourth-order valence-corrected chi connectivity index (χ4v) is 1.36. The zero-order valence-corrected chi connectivity index (χ0v) is 9.94. The first kappa shape index (κ1) is 12.5. The Morgan fingerprint density at radius 3 is 2.81 bits per heavy atom. The van der Waals surface area contributed by atoms with Crippen molar-refractivity contribution >= 4 is 0 Å². The molecule has 1 rings (SSSR count). The third-order valence-corrected chi connectivity index (χ3v) is 2.49. The van der Waals surface area contributed by atoms with Crippen LogP contribution in [0.3, 0.4) is 0 Å². The van der Waals surface area contributed by atoms with Crippen LogP contribution in [0.2, 0.25) is 0 Å². The predicted octanol–water partition coefficient (Wildman–Crippen LogP) is 2.28. The molecule has 0 radical (unpaired) electrons. The van der Waals surface area contributed by atoms with Gasteiger partial charge in [0.2, 0.25) is 0 Å². The van der Waals surface area contributed by atoms with Crippen molar-refractivity contribution in [3.63, 3.8) is 0 Å². The number of ether oxygens (including phenoxy) is 1. The van der Waals surface area contributed by atoms with E-state index in [4.69, 9.17) is 10.00 Å². The second-order valence-corrected chi connectivity index (χ2v) is 3.71. The van der Waals surface area contributed by atoms with E-state index in [1.807, 2.05) is 18.2 Å². The molecule has 0 amide bonds. The van der Waals surface area contributed by atoms with E-state index < -0.39 is 0 Å². The molecule has 0 unspecified atom stereocenters. The number of hydrogen-bond donors (Lipinski definition) is 0. The van der Waals surface area contributed by atoms with Gasteiger partial charge in [0.25, 0.3) is 0 Å². The molecule has 0 saturated carbocycles. The van der Waals surface area contributed by atoms with Gasteiger partial charge in [-0.2, -0.15) is 5.26 Å². The van der Waals surface area contributed by atoms with Crippen LogP contribution in [0.15, 0.2) is 24.3 Å². The zero-order valence-electron chi connectivity index (χ0n) is 9.94. The van der Waals surface area contributed by atoms with Gasteiger partial charge < -0.3 is 9.64 Å². The average Bonchev–Trinajstić information content (AvgIpc) is 2.34. The van der Waals surface area contributed by atoms with Gasteiger partial charge in [0.1, 0.15) is 11.8 Å². The highest BCUT2D eigenvalue weighted by Gasteiger charge is 2.01. The summed E-state index contributed by atoms with van der Waals surface area (Å²) >= 11 is 0. The topological polar surface area (TPSA) is 36.3 Å². The standard InChI is InChI=1S/C13H18N2O/c1-3-15(2)9-6-10-16-13-8-5-4-7-12(13)11-14/h4-5,7-8H,3,6,9-10H2,1-2H3. The maximum atomic E-state index is 8.86. The summed E-state index contributed by atoms with van der Waals surface area (Å²) in [5, 5.41) is 8.86. The molecular weight excluding hydrogens is 200 g/mol. The van der Waals surface area contributed by atoms with Gasteiger partial charge in [-0.25, -0.2) is 0 Å². The molecule has 3 heteroatoms. The lowest BCUT2D eigenvalue weighted by atomic mass is 10.2. The summed E-state index contributed by atoms with van der Waals surface area (Å²) in [6, 6.07) is 9.45. The van der Waals surface area contributed by atoms with E-state index in [0.29, 0.717) is 17.9 Å². The summed E-state index contributed by atoms with van der Waals surface area (Å²) in [5.41, 5.74) is 0.603. The highest BCUT2D eigenvalue weighted by Crippen LogP contribution is 2.16. The molecule has 3 nitrogen and oxygen atoms in total. The van der Waals surface area contributed by atoms with Crippen LogP contribution in [0.5, 0.6) is 5.75 Å². The molecule has 0 spiro atoms. The summed E-state index contributed by atoms with van der Waals surface area (Å²) < 4.78 is 5.57. The maximum absolute atomic E-state index is 8.86. The summed E-state index contributed by atoms with van der Waals surface area (Å²) in [5.74, 6) is 0.684. The lowest BCUT2D eigenvalue weighted by Crippen LogP contribution is -2.20. The Bertz CT molecular complexity index is 357. The largest absolute Gasteiger partial charge is 0.492 e. The van der Waals surface area contributed by atoms with Crippen molar-refractivity contribution in [2.24, 2.45) is 0 Å². The van der Waals surface area contributed by atoms with Crippen molar-refractivity contribution in [1.82, 2.24) is 4.90 Å². The Labute approximate surface area is 97.3 Å². The summed E-state index contributed by atoms with van der Waals surface area (Å²) in [4.78, 5) is 2.24. The van der Waals surface area contributed by atoms with Gasteiger partial charge in [-0.3, -0.25) is 0 Å². The fourth-order valence-electron chi connectivity index (χ4n) is 1.36. The number of nitrogens with zero attached hydrogens (tertiary/aromatic N) is 2. The van der Waals surface area contributed by atoms with Crippen molar-refractivity contribution in [2.45, 2.75) is 13.3 Å². The Kier molecular flexibility index (Phi) is 5.38. The SMILES string of the molecule is CCN(C)CCCOc1ccccc1C#N. The van der Waals surface area contributed by atoms with Crippen molar-refractivity contribution in [3.05, 3.63) is 29.8 Å². The second kappa shape index (κ2) is 6.86. The minimum absolute atomic E-state index is 0.603. The molecule has 0 fully saturated rings. The highest BCUT2D eigenvalue weighted by atomic mass is 16.5. The van der Waals surface area contributed by atoms with E-state index in [1.165, 1.54) is 0 Å². The smallest absolute Gasteiger partial charge is 0.137 e. The number of para-hydroxylation sites is 1. The van der Waals surface area contributed by atoms with Crippen LogP contribution < -0.4 is 4.74 Å². The molecule has 0 aliphatic carbocycles. The quantitative estimate of drug-likeness (QED) is 0.687. The zero-order chi connectivity index (χ0) is 11.8. The third kappa shape index (κ3) is 3.92. The summed E-state index contributed by atoms with van der Waals surface area (Å²) in [6.07, 6.45) is 0.976. The van der Waals surface area contributed by atoms with E-state index in [9.17, 15) is 0 Å². The molecule has 0 aromatic heterocycles. The molecular formula is C13H18N2O. The summed E-state index contributed by atoms with van der Waals surface area (Å²) in [7, 11) is 2.09. The second-order valence-electron chi connectivity index (χ2n) is 3.71. The van der Waals surface area contributed by atoms with Crippen molar-refractivity contribution in [3.8, 4) is 11.8 Å². The molecule has 0 aliphatic heterocycles. The first-order valence-corrected chi connectivity index (χ1v) is 5.58. The van der Waals surface area contributed by atoms with Crippen molar-refractivity contribution in [2.75, 3.05) is 26.7 Å². The molecule has 16 heavy (non-hydrogen) atoms.